The summed E-state index contributed by atoms with van der Waals surface area (Å²) in [6.45, 7) is 0. The smallest absolute Gasteiger partial charge is 0.0964 e. The predicted octanol–water partition coefficient (Wildman–Crippen LogP) is 2.78. The summed E-state index contributed by atoms with van der Waals surface area (Å²) in [6, 6.07) is 12.1. The Morgan fingerprint density at radius 2 is 1.79 bits per heavy atom. The van der Waals surface area contributed by atoms with Crippen LogP contribution in [0.5, 0.6) is 0 Å². The maximum Gasteiger partial charge on any atom is 0.0964 e. The first-order valence-electron chi connectivity index (χ1n) is 4.53. The monoisotopic (exact) mass is 180 g/mol. The lowest BCUT2D eigenvalue weighted by Gasteiger charge is -2.00. The van der Waals surface area contributed by atoms with Gasteiger partial charge in [-0.25, -0.2) is 0 Å². The van der Waals surface area contributed by atoms with Gasteiger partial charge in [0.2, 0.25) is 0 Å². The SMILES string of the molecule is c1ccc2c(c1)cnc1cccnc12. The van der Waals surface area contributed by atoms with Crippen LogP contribution in [0.4, 0.5) is 0 Å². The highest BCUT2D eigenvalue weighted by Gasteiger charge is 1.99. The summed E-state index contributed by atoms with van der Waals surface area (Å²) in [5, 5.41) is 2.30. The van der Waals surface area contributed by atoms with Crippen LogP contribution in [0, 0.1) is 0 Å². The number of hydrogen-bond acceptors (Lipinski definition) is 2. The van der Waals surface area contributed by atoms with E-state index in [2.05, 4.69) is 22.1 Å². The van der Waals surface area contributed by atoms with Crippen molar-refractivity contribution < 1.29 is 0 Å². The van der Waals surface area contributed by atoms with Crippen molar-refractivity contribution in [1.29, 1.82) is 0 Å². The van der Waals surface area contributed by atoms with Crippen molar-refractivity contribution >= 4 is 21.8 Å². The van der Waals surface area contributed by atoms with Crippen LogP contribution < -0.4 is 0 Å². The van der Waals surface area contributed by atoms with Crippen molar-refractivity contribution in [3.8, 4) is 0 Å². The Morgan fingerprint density at radius 1 is 0.857 bits per heavy atom. The molecular formula is C12H8N2. The zero-order valence-electron chi connectivity index (χ0n) is 7.51. The van der Waals surface area contributed by atoms with Gasteiger partial charge in [0.15, 0.2) is 0 Å². The fourth-order valence-electron chi connectivity index (χ4n) is 1.67. The van der Waals surface area contributed by atoms with Gasteiger partial charge >= 0.3 is 0 Å². The lowest BCUT2D eigenvalue weighted by atomic mass is 10.1. The maximum absolute atomic E-state index is 4.35. The van der Waals surface area contributed by atoms with Gasteiger partial charge in [-0.1, -0.05) is 24.3 Å². The van der Waals surface area contributed by atoms with Gasteiger partial charge in [-0.15, -0.1) is 0 Å². The fraction of sp³-hybridized carbons (Fsp3) is 0. The number of hydrogen-bond donors (Lipinski definition) is 0. The molecule has 2 nitrogen and oxygen atoms in total. The molecule has 2 heteroatoms. The van der Waals surface area contributed by atoms with E-state index >= 15 is 0 Å². The Hall–Kier alpha value is -1.96. The highest BCUT2D eigenvalue weighted by molar-refractivity contribution is 6.02. The Morgan fingerprint density at radius 3 is 2.79 bits per heavy atom. The summed E-state index contributed by atoms with van der Waals surface area (Å²) in [5.41, 5.74) is 1.93. The number of aromatic nitrogens is 2. The van der Waals surface area contributed by atoms with E-state index in [0.717, 1.165) is 21.8 Å². The van der Waals surface area contributed by atoms with Crippen molar-refractivity contribution in [2.45, 2.75) is 0 Å². The Kier molecular flexibility index (Phi) is 1.47. The van der Waals surface area contributed by atoms with Crippen LogP contribution in [-0.2, 0) is 0 Å². The average molecular weight is 180 g/mol. The molecule has 66 valence electrons. The third-order valence-electron chi connectivity index (χ3n) is 2.35. The van der Waals surface area contributed by atoms with E-state index in [1.54, 1.807) is 6.20 Å². The zero-order valence-corrected chi connectivity index (χ0v) is 7.51. The van der Waals surface area contributed by atoms with Gasteiger partial charge in [0.05, 0.1) is 11.0 Å². The minimum atomic E-state index is 0.950. The van der Waals surface area contributed by atoms with Gasteiger partial charge in [-0.05, 0) is 12.1 Å². The predicted molar refractivity (Wildman–Crippen MR) is 57.0 cm³/mol. The average Bonchev–Trinajstić information content (AvgIpc) is 2.29. The van der Waals surface area contributed by atoms with E-state index in [-0.39, 0.29) is 0 Å². The topological polar surface area (TPSA) is 25.8 Å². The number of rotatable bonds is 0. The van der Waals surface area contributed by atoms with Gasteiger partial charge in [0, 0.05) is 23.2 Å². The highest BCUT2D eigenvalue weighted by atomic mass is 14.7. The molecule has 0 atom stereocenters. The molecule has 0 radical (unpaired) electrons. The first-order chi connectivity index (χ1) is 6.95. The molecule has 0 saturated carbocycles. The maximum atomic E-state index is 4.35. The summed E-state index contributed by atoms with van der Waals surface area (Å²) in [4.78, 5) is 8.69. The Balaban J connectivity index is 2.61. The number of pyridine rings is 2. The Bertz CT molecular complexity index is 547. The standard InChI is InChI=1S/C12H8N2/c1-2-5-10-9(4-1)8-14-11-6-3-7-13-12(10)11/h1-8H. The molecular weight excluding hydrogens is 172 g/mol. The van der Waals surface area contributed by atoms with Crippen LogP contribution in [0.15, 0.2) is 48.8 Å². The van der Waals surface area contributed by atoms with Crippen molar-refractivity contribution in [3.63, 3.8) is 0 Å². The van der Waals surface area contributed by atoms with Gasteiger partial charge in [0.25, 0.3) is 0 Å². The molecule has 0 bridgehead atoms. The minimum Gasteiger partial charge on any atom is -0.254 e. The van der Waals surface area contributed by atoms with Gasteiger partial charge < -0.3 is 0 Å². The molecule has 0 aliphatic rings. The molecule has 0 spiro atoms. The van der Waals surface area contributed by atoms with Crippen LogP contribution >= 0.6 is 0 Å². The van der Waals surface area contributed by atoms with Gasteiger partial charge in [-0.3, -0.25) is 9.97 Å². The minimum absolute atomic E-state index is 0.950. The summed E-state index contributed by atoms with van der Waals surface area (Å²) >= 11 is 0. The van der Waals surface area contributed by atoms with Crippen molar-refractivity contribution in [2.24, 2.45) is 0 Å². The largest absolute Gasteiger partial charge is 0.254 e. The van der Waals surface area contributed by atoms with Gasteiger partial charge in [-0.2, -0.15) is 0 Å². The molecule has 0 aliphatic carbocycles. The molecule has 1 aromatic carbocycles. The number of nitrogens with zero attached hydrogens (tertiary/aromatic N) is 2. The normalized spacial score (nSPS) is 10.9. The molecule has 0 N–H and O–H groups in total. The third-order valence-corrected chi connectivity index (χ3v) is 2.35. The van der Waals surface area contributed by atoms with Crippen LogP contribution in [0.25, 0.3) is 21.8 Å². The van der Waals surface area contributed by atoms with Crippen LogP contribution in [-0.4, -0.2) is 9.97 Å². The highest BCUT2D eigenvalue weighted by Crippen LogP contribution is 2.20. The van der Waals surface area contributed by atoms with Crippen molar-refractivity contribution in [1.82, 2.24) is 9.97 Å². The molecule has 0 unspecified atom stereocenters. The molecule has 0 fully saturated rings. The second kappa shape index (κ2) is 2.77. The van der Waals surface area contributed by atoms with E-state index in [9.17, 15) is 0 Å². The number of benzene rings is 1. The lowest BCUT2D eigenvalue weighted by molar-refractivity contribution is 1.36. The van der Waals surface area contributed by atoms with Crippen molar-refractivity contribution in [2.75, 3.05) is 0 Å². The zero-order chi connectivity index (χ0) is 9.38. The number of fused-ring (bicyclic) bond motifs is 3. The van der Waals surface area contributed by atoms with E-state index in [4.69, 9.17) is 0 Å². The Labute approximate surface area is 81.2 Å². The molecule has 2 aromatic heterocycles. The van der Waals surface area contributed by atoms with Gasteiger partial charge in [0.1, 0.15) is 0 Å². The summed E-state index contributed by atoms with van der Waals surface area (Å²) in [5.74, 6) is 0. The van der Waals surface area contributed by atoms with E-state index in [1.807, 2.05) is 30.5 Å². The molecule has 3 rings (SSSR count). The summed E-state index contributed by atoms with van der Waals surface area (Å²) < 4.78 is 0. The van der Waals surface area contributed by atoms with Crippen LogP contribution in [0.1, 0.15) is 0 Å². The first-order valence-corrected chi connectivity index (χ1v) is 4.53. The molecule has 0 saturated heterocycles. The van der Waals surface area contributed by atoms with E-state index in [1.165, 1.54) is 0 Å². The summed E-state index contributed by atoms with van der Waals surface area (Å²) in [6.07, 6.45) is 3.69. The quantitative estimate of drug-likeness (QED) is 0.497. The lowest BCUT2D eigenvalue weighted by Crippen LogP contribution is -1.83. The van der Waals surface area contributed by atoms with E-state index in [0.29, 0.717) is 0 Å². The van der Waals surface area contributed by atoms with Crippen LogP contribution in [0.2, 0.25) is 0 Å². The van der Waals surface area contributed by atoms with Crippen LogP contribution in [0.3, 0.4) is 0 Å². The molecule has 3 aromatic rings. The second-order valence-corrected chi connectivity index (χ2v) is 3.22. The second-order valence-electron chi connectivity index (χ2n) is 3.22. The molecule has 2 heterocycles. The molecule has 0 aliphatic heterocycles. The molecule has 0 amide bonds. The molecule has 14 heavy (non-hydrogen) atoms. The van der Waals surface area contributed by atoms with Crippen molar-refractivity contribution in [3.05, 3.63) is 48.8 Å². The summed E-state index contributed by atoms with van der Waals surface area (Å²) in [7, 11) is 0. The third kappa shape index (κ3) is 0.973. The first kappa shape index (κ1) is 7.44. The fourth-order valence-corrected chi connectivity index (χ4v) is 1.67. The van der Waals surface area contributed by atoms with E-state index < -0.39 is 0 Å².